The molecule has 1 aliphatic heterocycles. The van der Waals surface area contributed by atoms with Gasteiger partial charge in [0.2, 0.25) is 0 Å². The zero-order chi connectivity index (χ0) is 19.2. The summed E-state index contributed by atoms with van der Waals surface area (Å²) < 4.78 is 0. The van der Waals surface area contributed by atoms with Gasteiger partial charge in [0.1, 0.15) is 0 Å². The second-order valence-corrected chi connectivity index (χ2v) is 7.67. The van der Waals surface area contributed by atoms with E-state index in [1.165, 1.54) is 0 Å². The third-order valence-electron chi connectivity index (χ3n) is 5.43. The molecule has 1 aliphatic rings. The third kappa shape index (κ3) is 4.79. The molecule has 0 aromatic heterocycles. The molecule has 1 atom stereocenters. The lowest BCUT2D eigenvalue weighted by molar-refractivity contribution is 0.0948. The number of likely N-dealkylation sites (tertiary alicyclic amines) is 1. The fourth-order valence-electron chi connectivity index (χ4n) is 3.97. The van der Waals surface area contributed by atoms with E-state index in [9.17, 15) is 9.90 Å². The van der Waals surface area contributed by atoms with E-state index in [1.54, 1.807) is 0 Å². The average molecular weight is 370 g/mol. The van der Waals surface area contributed by atoms with Gasteiger partial charge in [-0.1, -0.05) is 24.3 Å². The first-order valence-corrected chi connectivity index (χ1v) is 9.90. The summed E-state index contributed by atoms with van der Waals surface area (Å²) in [6.45, 7) is 3.99. The van der Waals surface area contributed by atoms with Crippen molar-refractivity contribution in [2.24, 2.45) is 5.92 Å². The molecule has 0 saturated carbocycles. The van der Waals surface area contributed by atoms with Gasteiger partial charge in [0.05, 0.1) is 0 Å². The van der Waals surface area contributed by atoms with Crippen LogP contribution < -0.4 is 10.2 Å². The molecule has 5 heteroatoms. The first-order valence-electron chi connectivity index (χ1n) is 9.90. The van der Waals surface area contributed by atoms with Gasteiger partial charge < -0.3 is 20.2 Å². The highest BCUT2D eigenvalue weighted by atomic mass is 16.3. The Morgan fingerprint density at radius 3 is 2.74 bits per heavy atom. The maximum Gasteiger partial charge on any atom is 0.251 e. The van der Waals surface area contributed by atoms with Crippen LogP contribution in [0.4, 0.5) is 5.69 Å². The molecule has 0 spiro atoms. The summed E-state index contributed by atoms with van der Waals surface area (Å²) in [5, 5.41) is 14.5. The number of nitrogens with zero attached hydrogens (tertiary/aromatic N) is 2. The predicted octanol–water partition coefficient (Wildman–Crippen LogP) is 2.73. The summed E-state index contributed by atoms with van der Waals surface area (Å²) in [5.41, 5.74) is 1.85. The highest BCUT2D eigenvalue weighted by molar-refractivity contribution is 6.10. The number of nitrogens with one attached hydrogen (secondary N) is 1. The van der Waals surface area contributed by atoms with Crippen molar-refractivity contribution in [3.05, 3.63) is 42.0 Å². The Morgan fingerprint density at radius 1 is 1.22 bits per heavy atom. The minimum Gasteiger partial charge on any atom is -0.396 e. The normalized spacial score (nSPS) is 17.8. The van der Waals surface area contributed by atoms with Crippen LogP contribution in [0.5, 0.6) is 0 Å². The van der Waals surface area contributed by atoms with Gasteiger partial charge in [-0.05, 0) is 55.8 Å². The van der Waals surface area contributed by atoms with Crippen molar-refractivity contribution in [3.8, 4) is 0 Å². The number of carbonyl (C=O) groups is 1. The van der Waals surface area contributed by atoms with Crippen LogP contribution in [-0.4, -0.2) is 62.8 Å². The van der Waals surface area contributed by atoms with E-state index < -0.39 is 0 Å². The lowest BCUT2D eigenvalue weighted by Crippen LogP contribution is -2.38. The van der Waals surface area contributed by atoms with Gasteiger partial charge in [-0.15, -0.1) is 0 Å². The minimum atomic E-state index is -0.0108. The molecule has 1 fully saturated rings. The van der Waals surface area contributed by atoms with Crippen LogP contribution >= 0.6 is 0 Å². The van der Waals surface area contributed by atoms with E-state index in [4.69, 9.17) is 0 Å². The van der Waals surface area contributed by atoms with Crippen LogP contribution in [0.3, 0.4) is 0 Å². The summed E-state index contributed by atoms with van der Waals surface area (Å²) in [6.07, 6.45) is 3.21. The molecular weight excluding hydrogens is 338 g/mol. The maximum atomic E-state index is 12.7. The number of hydrogen-bond acceptors (Lipinski definition) is 4. The highest BCUT2D eigenvalue weighted by Crippen LogP contribution is 2.28. The SMILES string of the molecule is CN(C)c1ccc(C(=O)NCCCN2CCCC(CO)C2)c2ccccc12. The molecular formula is C22H31N3O2. The lowest BCUT2D eigenvalue weighted by atomic mass is 9.99. The van der Waals surface area contributed by atoms with Crippen molar-refractivity contribution in [1.29, 1.82) is 0 Å². The van der Waals surface area contributed by atoms with Crippen molar-refractivity contribution in [1.82, 2.24) is 10.2 Å². The summed E-state index contributed by atoms with van der Waals surface area (Å²) in [7, 11) is 4.03. The van der Waals surface area contributed by atoms with Crippen molar-refractivity contribution in [3.63, 3.8) is 0 Å². The standard InChI is InChI=1S/C22H31N3O2/c1-24(2)21-11-10-20(18-8-3-4-9-19(18)21)22(27)23-12-6-14-25-13-5-7-17(15-25)16-26/h3-4,8-11,17,26H,5-7,12-16H2,1-2H3,(H,23,27). The largest absolute Gasteiger partial charge is 0.396 e. The Balaban J connectivity index is 1.58. The Morgan fingerprint density at radius 2 is 2.00 bits per heavy atom. The van der Waals surface area contributed by atoms with Crippen molar-refractivity contribution >= 4 is 22.4 Å². The molecule has 0 bridgehead atoms. The Kier molecular flexibility index (Phi) is 6.69. The molecule has 0 aliphatic carbocycles. The van der Waals surface area contributed by atoms with Crippen LogP contribution in [-0.2, 0) is 0 Å². The van der Waals surface area contributed by atoms with E-state index >= 15 is 0 Å². The minimum absolute atomic E-state index is 0.0108. The second-order valence-electron chi connectivity index (χ2n) is 7.67. The first kappa shape index (κ1) is 19.6. The molecule has 2 N–H and O–H groups in total. The Labute approximate surface area is 162 Å². The number of hydrogen-bond donors (Lipinski definition) is 2. The van der Waals surface area contributed by atoms with E-state index in [0.717, 1.165) is 60.9 Å². The van der Waals surface area contributed by atoms with Crippen LogP contribution in [0.1, 0.15) is 29.6 Å². The molecule has 1 saturated heterocycles. The molecule has 27 heavy (non-hydrogen) atoms. The quantitative estimate of drug-likeness (QED) is 0.737. The topological polar surface area (TPSA) is 55.8 Å². The second kappa shape index (κ2) is 9.20. The number of anilines is 1. The summed E-state index contributed by atoms with van der Waals surface area (Å²) in [4.78, 5) is 17.2. The first-order chi connectivity index (χ1) is 13.1. The van der Waals surface area contributed by atoms with Gasteiger partial charge in [0, 0.05) is 50.4 Å². The number of amides is 1. The molecule has 1 heterocycles. The average Bonchev–Trinajstić information content (AvgIpc) is 2.70. The third-order valence-corrected chi connectivity index (χ3v) is 5.43. The van der Waals surface area contributed by atoms with E-state index in [0.29, 0.717) is 12.5 Å². The van der Waals surface area contributed by atoms with Gasteiger partial charge in [0.15, 0.2) is 0 Å². The van der Waals surface area contributed by atoms with Crippen molar-refractivity contribution in [2.75, 3.05) is 51.8 Å². The molecule has 146 valence electrons. The van der Waals surface area contributed by atoms with Crippen molar-refractivity contribution < 1.29 is 9.90 Å². The van der Waals surface area contributed by atoms with E-state index in [-0.39, 0.29) is 12.5 Å². The van der Waals surface area contributed by atoms with Gasteiger partial charge in [-0.25, -0.2) is 0 Å². The number of aliphatic hydroxyl groups is 1. The van der Waals surface area contributed by atoms with Crippen LogP contribution in [0.25, 0.3) is 10.8 Å². The number of fused-ring (bicyclic) bond motifs is 1. The smallest absolute Gasteiger partial charge is 0.251 e. The molecule has 2 aromatic carbocycles. The van der Waals surface area contributed by atoms with Crippen LogP contribution in [0.2, 0.25) is 0 Å². The Bertz CT molecular complexity index is 775. The fourth-order valence-corrected chi connectivity index (χ4v) is 3.97. The molecule has 3 rings (SSSR count). The number of aliphatic hydroxyl groups excluding tert-OH is 1. The maximum absolute atomic E-state index is 12.7. The predicted molar refractivity (Wildman–Crippen MR) is 111 cm³/mol. The molecule has 2 aromatic rings. The highest BCUT2D eigenvalue weighted by Gasteiger charge is 2.18. The molecule has 5 nitrogen and oxygen atoms in total. The fraction of sp³-hybridized carbons (Fsp3) is 0.500. The number of piperidine rings is 1. The van der Waals surface area contributed by atoms with E-state index in [2.05, 4.69) is 21.2 Å². The zero-order valence-electron chi connectivity index (χ0n) is 16.4. The molecule has 1 unspecified atom stereocenters. The number of rotatable bonds is 7. The molecule has 0 radical (unpaired) electrons. The van der Waals surface area contributed by atoms with Crippen LogP contribution in [0.15, 0.2) is 36.4 Å². The van der Waals surface area contributed by atoms with Gasteiger partial charge in [0.25, 0.3) is 5.91 Å². The summed E-state index contributed by atoms with van der Waals surface area (Å²) in [5.74, 6) is 0.401. The van der Waals surface area contributed by atoms with Crippen molar-refractivity contribution in [2.45, 2.75) is 19.3 Å². The van der Waals surface area contributed by atoms with Gasteiger partial charge >= 0.3 is 0 Å². The number of benzene rings is 2. The van der Waals surface area contributed by atoms with Gasteiger partial charge in [-0.3, -0.25) is 4.79 Å². The Hall–Kier alpha value is -2.11. The molecule has 1 amide bonds. The lowest BCUT2D eigenvalue weighted by Gasteiger charge is -2.31. The van der Waals surface area contributed by atoms with Gasteiger partial charge in [-0.2, -0.15) is 0 Å². The summed E-state index contributed by atoms with van der Waals surface area (Å²) in [6, 6.07) is 12.0. The number of carbonyl (C=O) groups excluding carboxylic acids is 1. The van der Waals surface area contributed by atoms with E-state index in [1.807, 2.05) is 44.4 Å². The summed E-state index contributed by atoms with van der Waals surface area (Å²) >= 11 is 0. The zero-order valence-corrected chi connectivity index (χ0v) is 16.4. The van der Waals surface area contributed by atoms with Crippen LogP contribution in [0, 0.1) is 5.92 Å². The monoisotopic (exact) mass is 369 g/mol.